The maximum atomic E-state index is 13.1. The number of aryl methyl sites for hydroxylation is 2. The lowest BCUT2D eigenvalue weighted by atomic mass is 10.1. The molecule has 0 bridgehead atoms. The molecule has 8 nitrogen and oxygen atoms in total. The van der Waals surface area contributed by atoms with E-state index in [1.165, 1.54) is 0 Å². The van der Waals surface area contributed by atoms with Gasteiger partial charge in [-0.15, -0.1) is 11.3 Å². The summed E-state index contributed by atoms with van der Waals surface area (Å²) in [5.74, 6) is 0.0630. The van der Waals surface area contributed by atoms with E-state index in [-0.39, 0.29) is 29.7 Å². The summed E-state index contributed by atoms with van der Waals surface area (Å²) in [7, 11) is 0. The van der Waals surface area contributed by atoms with Crippen LogP contribution in [-0.2, 0) is 11.3 Å². The van der Waals surface area contributed by atoms with Gasteiger partial charge in [0.25, 0.3) is 5.91 Å². The van der Waals surface area contributed by atoms with E-state index in [0.717, 1.165) is 22.0 Å². The summed E-state index contributed by atoms with van der Waals surface area (Å²) in [5, 5.41) is 5.49. The Balaban J connectivity index is 1.39. The lowest BCUT2D eigenvalue weighted by Gasteiger charge is -2.24. The first-order valence-electron chi connectivity index (χ1n) is 9.26. The maximum Gasteiger partial charge on any atom is 0.293 e. The van der Waals surface area contributed by atoms with Gasteiger partial charge in [-0.2, -0.15) is 0 Å². The van der Waals surface area contributed by atoms with Gasteiger partial charge in [0, 0.05) is 24.0 Å². The van der Waals surface area contributed by atoms with Gasteiger partial charge < -0.3 is 14.3 Å². The van der Waals surface area contributed by atoms with Crippen LogP contribution < -0.4 is 0 Å². The summed E-state index contributed by atoms with van der Waals surface area (Å²) in [6.07, 6.45) is 2.72. The molecule has 9 heteroatoms. The molecule has 2 amide bonds. The standard InChI is InChI=1S/C19H19N5O3S/c1-10-15(28-11(2)21-10)9-24-13-5-7-23(14(13)8-16(24)25)19(26)17-12-4-3-6-20-18(12)22-27-17/h3-4,6,13-14H,5,7-9H2,1-2H3/t13-,14-/m0/s1. The van der Waals surface area contributed by atoms with Crippen molar-refractivity contribution in [1.82, 2.24) is 24.9 Å². The largest absolute Gasteiger partial charge is 0.348 e. The number of carbonyl (C=O) groups is 2. The van der Waals surface area contributed by atoms with Gasteiger partial charge in [0.1, 0.15) is 0 Å². The van der Waals surface area contributed by atoms with E-state index in [1.807, 2.05) is 18.7 Å². The second-order valence-corrected chi connectivity index (χ2v) is 8.56. The normalized spacial score (nSPS) is 21.7. The number of hydrogen-bond donors (Lipinski definition) is 0. The predicted molar refractivity (Wildman–Crippen MR) is 102 cm³/mol. The number of thiazole rings is 1. The van der Waals surface area contributed by atoms with Gasteiger partial charge in [-0.05, 0) is 32.4 Å². The number of hydrogen-bond acceptors (Lipinski definition) is 7. The quantitative estimate of drug-likeness (QED) is 0.673. The number of fused-ring (bicyclic) bond motifs is 2. The van der Waals surface area contributed by atoms with E-state index < -0.39 is 0 Å². The van der Waals surface area contributed by atoms with E-state index in [1.54, 1.807) is 34.6 Å². The Morgan fingerprint density at radius 1 is 1.36 bits per heavy atom. The van der Waals surface area contributed by atoms with Gasteiger partial charge in [0.15, 0.2) is 0 Å². The zero-order valence-electron chi connectivity index (χ0n) is 15.6. The summed E-state index contributed by atoms with van der Waals surface area (Å²) >= 11 is 1.63. The van der Waals surface area contributed by atoms with Gasteiger partial charge in [0.05, 0.1) is 34.7 Å². The first-order chi connectivity index (χ1) is 13.5. The zero-order chi connectivity index (χ0) is 19.4. The zero-order valence-corrected chi connectivity index (χ0v) is 16.4. The highest BCUT2D eigenvalue weighted by Crippen LogP contribution is 2.36. The number of aromatic nitrogens is 3. The second kappa shape index (κ2) is 6.37. The minimum Gasteiger partial charge on any atom is -0.348 e. The Labute approximate surface area is 165 Å². The van der Waals surface area contributed by atoms with Gasteiger partial charge in [-0.3, -0.25) is 9.59 Å². The highest BCUT2D eigenvalue weighted by atomic mass is 32.1. The van der Waals surface area contributed by atoms with Gasteiger partial charge >= 0.3 is 0 Å². The molecule has 2 aliphatic heterocycles. The molecule has 5 rings (SSSR count). The minimum atomic E-state index is -0.220. The monoisotopic (exact) mass is 397 g/mol. The molecule has 5 heterocycles. The molecule has 2 saturated heterocycles. The fourth-order valence-electron chi connectivity index (χ4n) is 4.33. The highest BCUT2D eigenvalue weighted by molar-refractivity contribution is 7.11. The molecular weight excluding hydrogens is 378 g/mol. The third-order valence-corrected chi connectivity index (χ3v) is 6.70. The van der Waals surface area contributed by atoms with Crippen LogP contribution in [0.25, 0.3) is 11.0 Å². The molecule has 3 aromatic rings. The topological polar surface area (TPSA) is 92.4 Å². The van der Waals surface area contributed by atoms with Gasteiger partial charge in [-0.1, -0.05) is 5.16 Å². The number of rotatable bonds is 3. The van der Waals surface area contributed by atoms with Crippen molar-refractivity contribution in [2.45, 2.75) is 45.3 Å². The van der Waals surface area contributed by atoms with Crippen LogP contribution in [0.1, 0.15) is 39.0 Å². The molecule has 0 saturated carbocycles. The molecule has 3 aromatic heterocycles. The number of pyridine rings is 1. The fourth-order valence-corrected chi connectivity index (χ4v) is 5.27. The van der Waals surface area contributed by atoms with Crippen molar-refractivity contribution in [2.75, 3.05) is 6.54 Å². The second-order valence-electron chi connectivity index (χ2n) is 7.28. The molecule has 0 aliphatic carbocycles. The van der Waals surface area contributed by atoms with E-state index in [9.17, 15) is 9.59 Å². The molecule has 28 heavy (non-hydrogen) atoms. The summed E-state index contributed by atoms with van der Waals surface area (Å²) < 4.78 is 5.30. The van der Waals surface area contributed by atoms with Crippen molar-refractivity contribution in [1.29, 1.82) is 0 Å². The third-order valence-electron chi connectivity index (χ3n) is 5.64. The molecule has 0 unspecified atom stereocenters. The summed E-state index contributed by atoms with van der Waals surface area (Å²) in [5.41, 5.74) is 1.40. The summed E-state index contributed by atoms with van der Waals surface area (Å²) in [6.45, 7) is 5.11. The lowest BCUT2D eigenvalue weighted by Crippen LogP contribution is -2.39. The molecule has 0 aromatic carbocycles. The molecule has 0 spiro atoms. The number of likely N-dealkylation sites (tertiary alicyclic amines) is 2. The van der Waals surface area contributed by atoms with Crippen LogP contribution in [0.4, 0.5) is 0 Å². The third kappa shape index (κ3) is 2.61. The smallest absolute Gasteiger partial charge is 0.293 e. The Morgan fingerprint density at radius 3 is 3.00 bits per heavy atom. The summed E-state index contributed by atoms with van der Waals surface area (Å²) in [4.78, 5) is 39.2. The van der Waals surface area contributed by atoms with Crippen LogP contribution in [-0.4, -0.2) is 55.4 Å². The van der Waals surface area contributed by atoms with E-state index in [0.29, 0.717) is 30.5 Å². The van der Waals surface area contributed by atoms with Crippen molar-refractivity contribution < 1.29 is 14.1 Å². The number of nitrogens with zero attached hydrogens (tertiary/aromatic N) is 5. The first kappa shape index (κ1) is 17.3. The average molecular weight is 397 g/mol. The maximum absolute atomic E-state index is 13.1. The van der Waals surface area contributed by atoms with Crippen LogP contribution in [0, 0.1) is 13.8 Å². The van der Waals surface area contributed by atoms with Crippen molar-refractivity contribution in [3.8, 4) is 0 Å². The van der Waals surface area contributed by atoms with E-state index in [2.05, 4.69) is 15.1 Å². The molecular formula is C19H19N5O3S. The molecule has 0 N–H and O–H groups in total. The SMILES string of the molecule is Cc1nc(C)c(CN2C(=O)C[C@H]3[C@@H]2CCN3C(=O)c2onc3ncccc23)s1. The minimum absolute atomic E-state index is 0.0329. The van der Waals surface area contributed by atoms with Crippen LogP contribution in [0.3, 0.4) is 0 Å². The molecule has 0 radical (unpaired) electrons. The molecule has 144 valence electrons. The van der Waals surface area contributed by atoms with Gasteiger partial charge in [-0.25, -0.2) is 9.97 Å². The van der Waals surface area contributed by atoms with Crippen LogP contribution in [0.15, 0.2) is 22.9 Å². The Hall–Kier alpha value is -2.81. The molecule has 2 atom stereocenters. The lowest BCUT2D eigenvalue weighted by molar-refractivity contribution is -0.129. The number of amides is 2. The Bertz CT molecular complexity index is 1090. The Morgan fingerprint density at radius 2 is 2.21 bits per heavy atom. The first-order valence-corrected chi connectivity index (χ1v) is 10.1. The van der Waals surface area contributed by atoms with E-state index >= 15 is 0 Å². The Kier molecular flexibility index (Phi) is 3.94. The van der Waals surface area contributed by atoms with Crippen molar-refractivity contribution >= 4 is 34.2 Å². The van der Waals surface area contributed by atoms with Gasteiger partial charge in [0.2, 0.25) is 17.3 Å². The molecule has 2 aliphatic rings. The molecule has 2 fully saturated rings. The van der Waals surface area contributed by atoms with Crippen LogP contribution >= 0.6 is 11.3 Å². The fraction of sp³-hybridized carbons (Fsp3) is 0.421. The van der Waals surface area contributed by atoms with Crippen LogP contribution in [0.5, 0.6) is 0 Å². The van der Waals surface area contributed by atoms with Crippen molar-refractivity contribution in [3.63, 3.8) is 0 Å². The average Bonchev–Trinajstić information content (AvgIpc) is 3.40. The summed E-state index contributed by atoms with van der Waals surface area (Å²) in [6, 6.07) is 3.43. The van der Waals surface area contributed by atoms with Crippen LogP contribution in [0.2, 0.25) is 0 Å². The highest BCUT2D eigenvalue weighted by Gasteiger charge is 2.49. The van der Waals surface area contributed by atoms with Crippen molar-refractivity contribution in [3.05, 3.63) is 39.7 Å². The predicted octanol–water partition coefficient (Wildman–Crippen LogP) is 2.31. The van der Waals surface area contributed by atoms with Crippen molar-refractivity contribution in [2.24, 2.45) is 0 Å². The number of carbonyl (C=O) groups excluding carboxylic acids is 2. The van der Waals surface area contributed by atoms with E-state index in [4.69, 9.17) is 4.52 Å².